The van der Waals surface area contributed by atoms with Crippen LogP contribution in [-0.4, -0.2) is 10.9 Å². The fourth-order valence-electron chi connectivity index (χ4n) is 0.712. The minimum absolute atomic E-state index is 0.161. The quantitative estimate of drug-likeness (QED) is 0.700. The summed E-state index contributed by atoms with van der Waals surface area (Å²) < 4.78 is 0. The Morgan fingerprint density at radius 3 is 2.27 bits per heavy atom. The second kappa shape index (κ2) is 2.75. The number of nitrogens with one attached hydrogen (secondary N) is 1. The summed E-state index contributed by atoms with van der Waals surface area (Å²) in [5.74, 6) is -0.606. The van der Waals surface area contributed by atoms with Gasteiger partial charge >= 0.3 is 0 Å². The predicted octanol–water partition coefficient (Wildman–Crippen LogP) is 1.73. The highest BCUT2D eigenvalue weighted by molar-refractivity contribution is 6.38. The Kier molecular flexibility index (Phi) is 2.11. The lowest BCUT2D eigenvalue weighted by atomic mass is 10.3. The summed E-state index contributed by atoms with van der Waals surface area (Å²) in [5.41, 5.74) is 5.79. The molecule has 1 heterocycles. The highest BCUT2D eigenvalue weighted by atomic mass is 35.5. The minimum Gasteiger partial charge on any atom is -0.364 e. The first-order chi connectivity index (χ1) is 5.04. The molecule has 0 aromatic carbocycles. The number of carbonyl (C=O) groups excluding carboxylic acids is 1. The van der Waals surface area contributed by atoms with Crippen LogP contribution in [0.25, 0.3) is 0 Å². The summed E-state index contributed by atoms with van der Waals surface area (Å²) >= 11 is 11.3. The van der Waals surface area contributed by atoms with Crippen LogP contribution in [0, 0.1) is 6.92 Å². The fraction of sp³-hybridized carbons (Fsp3) is 0.167. The third-order valence-electron chi connectivity index (χ3n) is 1.36. The van der Waals surface area contributed by atoms with E-state index in [1.165, 1.54) is 0 Å². The number of halogens is 2. The van der Waals surface area contributed by atoms with Gasteiger partial charge < -0.3 is 10.7 Å². The number of aromatic nitrogens is 1. The standard InChI is InChI=1S/C6H6Cl2N2O/c1-2-3(7)4(6(9)11)10-5(2)8/h10H,1H3,(H2,9,11). The molecule has 0 unspecified atom stereocenters. The Bertz CT molecular complexity index is 306. The Morgan fingerprint density at radius 1 is 1.55 bits per heavy atom. The summed E-state index contributed by atoms with van der Waals surface area (Å²) in [6, 6.07) is 0. The Hall–Kier alpha value is -0.670. The van der Waals surface area contributed by atoms with Crippen LogP contribution >= 0.6 is 23.2 Å². The third kappa shape index (κ3) is 1.34. The monoisotopic (exact) mass is 192 g/mol. The van der Waals surface area contributed by atoms with E-state index in [-0.39, 0.29) is 5.69 Å². The Labute approximate surface area is 73.5 Å². The lowest BCUT2D eigenvalue weighted by molar-refractivity contribution is 0.0996. The molecule has 0 spiro atoms. The van der Waals surface area contributed by atoms with E-state index in [0.717, 1.165) is 0 Å². The van der Waals surface area contributed by atoms with Gasteiger partial charge in [-0.25, -0.2) is 0 Å². The van der Waals surface area contributed by atoms with Crippen molar-refractivity contribution < 1.29 is 4.79 Å². The zero-order valence-electron chi connectivity index (χ0n) is 5.74. The van der Waals surface area contributed by atoms with Gasteiger partial charge in [-0.15, -0.1) is 0 Å². The Morgan fingerprint density at radius 2 is 2.09 bits per heavy atom. The van der Waals surface area contributed by atoms with Crippen LogP contribution < -0.4 is 5.73 Å². The predicted molar refractivity (Wildman–Crippen MR) is 44.1 cm³/mol. The average Bonchev–Trinajstić information content (AvgIpc) is 2.17. The van der Waals surface area contributed by atoms with E-state index in [9.17, 15) is 4.79 Å². The number of hydrogen-bond donors (Lipinski definition) is 2. The molecule has 0 bridgehead atoms. The van der Waals surface area contributed by atoms with E-state index < -0.39 is 5.91 Å². The molecule has 0 fully saturated rings. The summed E-state index contributed by atoms with van der Waals surface area (Å²) in [6.45, 7) is 1.70. The minimum atomic E-state index is -0.606. The topological polar surface area (TPSA) is 58.9 Å². The first-order valence-corrected chi connectivity index (χ1v) is 3.63. The third-order valence-corrected chi connectivity index (χ3v) is 2.21. The summed E-state index contributed by atoms with van der Waals surface area (Å²) in [7, 11) is 0. The zero-order valence-corrected chi connectivity index (χ0v) is 7.25. The van der Waals surface area contributed by atoms with Crippen molar-refractivity contribution >= 4 is 29.1 Å². The second-order valence-corrected chi connectivity index (χ2v) is 2.87. The van der Waals surface area contributed by atoms with Crippen LogP contribution in [-0.2, 0) is 0 Å². The Balaban J connectivity index is 3.29. The van der Waals surface area contributed by atoms with Crippen LogP contribution in [0.2, 0.25) is 10.2 Å². The molecule has 3 nitrogen and oxygen atoms in total. The molecule has 0 saturated carbocycles. The second-order valence-electron chi connectivity index (χ2n) is 2.12. The molecule has 1 aromatic rings. The average molecular weight is 193 g/mol. The molecule has 0 aliphatic heterocycles. The fourth-order valence-corrected chi connectivity index (χ4v) is 1.18. The largest absolute Gasteiger partial charge is 0.364 e. The van der Waals surface area contributed by atoms with E-state index >= 15 is 0 Å². The van der Waals surface area contributed by atoms with E-state index in [1.54, 1.807) is 6.92 Å². The van der Waals surface area contributed by atoms with Crippen LogP contribution in [0.3, 0.4) is 0 Å². The molecule has 1 rings (SSSR count). The molecule has 0 aliphatic carbocycles. The van der Waals surface area contributed by atoms with Crippen LogP contribution in [0.1, 0.15) is 16.1 Å². The molecular formula is C6H6Cl2N2O. The number of primary amides is 1. The van der Waals surface area contributed by atoms with Gasteiger partial charge in [0.1, 0.15) is 10.8 Å². The van der Waals surface area contributed by atoms with E-state index in [2.05, 4.69) is 4.98 Å². The van der Waals surface area contributed by atoms with Gasteiger partial charge in [-0.1, -0.05) is 23.2 Å². The molecule has 0 aliphatic rings. The zero-order chi connectivity index (χ0) is 8.59. The van der Waals surface area contributed by atoms with Crippen molar-refractivity contribution in [2.45, 2.75) is 6.92 Å². The van der Waals surface area contributed by atoms with Crippen LogP contribution in [0.5, 0.6) is 0 Å². The van der Waals surface area contributed by atoms with Gasteiger partial charge in [0.15, 0.2) is 0 Å². The maximum atomic E-state index is 10.6. The first-order valence-electron chi connectivity index (χ1n) is 2.87. The van der Waals surface area contributed by atoms with Gasteiger partial charge in [-0.2, -0.15) is 0 Å². The van der Waals surface area contributed by atoms with Gasteiger partial charge in [-0.3, -0.25) is 4.79 Å². The number of rotatable bonds is 1. The van der Waals surface area contributed by atoms with E-state index in [4.69, 9.17) is 28.9 Å². The SMILES string of the molecule is Cc1c(Cl)[nH]c(C(N)=O)c1Cl. The van der Waals surface area contributed by atoms with Gasteiger partial charge in [0.05, 0.1) is 5.02 Å². The van der Waals surface area contributed by atoms with Crippen molar-refractivity contribution in [3.63, 3.8) is 0 Å². The number of amides is 1. The molecule has 0 radical (unpaired) electrons. The normalized spacial score (nSPS) is 10.1. The van der Waals surface area contributed by atoms with Gasteiger partial charge in [-0.05, 0) is 6.92 Å². The smallest absolute Gasteiger partial charge is 0.266 e. The summed E-state index contributed by atoms with van der Waals surface area (Å²) in [4.78, 5) is 13.2. The van der Waals surface area contributed by atoms with E-state index in [0.29, 0.717) is 15.7 Å². The van der Waals surface area contributed by atoms with Gasteiger partial charge in [0.2, 0.25) is 0 Å². The molecule has 60 valence electrons. The molecule has 5 heteroatoms. The lowest BCUT2D eigenvalue weighted by Gasteiger charge is -1.88. The van der Waals surface area contributed by atoms with Crippen molar-refractivity contribution in [2.75, 3.05) is 0 Å². The van der Waals surface area contributed by atoms with Crippen molar-refractivity contribution in [2.24, 2.45) is 5.73 Å². The molecule has 3 N–H and O–H groups in total. The lowest BCUT2D eigenvalue weighted by Crippen LogP contribution is -2.11. The molecular weight excluding hydrogens is 187 g/mol. The van der Waals surface area contributed by atoms with Crippen molar-refractivity contribution in [3.05, 3.63) is 21.4 Å². The van der Waals surface area contributed by atoms with Crippen molar-refractivity contribution in [1.82, 2.24) is 4.98 Å². The number of H-pyrrole nitrogens is 1. The van der Waals surface area contributed by atoms with Crippen LogP contribution in [0.4, 0.5) is 0 Å². The summed E-state index contributed by atoms with van der Waals surface area (Å²) in [6.07, 6.45) is 0. The maximum absolute atomic E-state index is 10.6. The molecule has 0 atom stereocenters. The van der Waals surface area contributed by atoms with E-state index in [1.807, 2.05) is 0 Å². The van der Waals surface area contributed by atoms with Gasteiger partial charge in [0, 0.05) is 5.56 Å². The summed E-state index contributed by atoms with van der Waals surface area (Å²) in [5, 5.41) is 0.645. The highest BCUT2D eigenvalue weighted by Crippen LogP contribution is 2.26. The number of nitrogens with two attached hydrogens (primary N) is 1. The highest BCUT2D eigenvalue weighted by Gasteiger charge is 2.14. The number of carbonyl (C=O) groups is 1. The molecule has 1 aromatic heterocycles. The first kappa shape index (κ1) is 8.43. The molecule has 0 saturated heterocycles. The van der Waals surface area contributed by atoms with Crippen LogP contribution in [0.15, 0.2) is 0 Å². The molecule has 1 amide bonds. The van der Waals surface area contributed by atoms with Gasteiger partial charge in [0.25, 0.3) is 5.91 Å². The van der Waals surface area contributed by atoms with Crippen molar-refractivity contribution in [1.29, 1.82) is 0 Å². The van der Waals surface area contributed by atoms with Crippen molar-refractivity contribution in [3.8, 4) is 0 Å². The molecule has 11 heavy (non-hydrogen) atoms. The maximum Gasteiger partial charge on any atom is 0.266 e. The number of aromatic amines is 1. The number of hydrogen-bond acceptors (Lipinski definition) is 1.